The Morgan fingerprint density at radius 3 is 2.62 bits per heavy atom. The van der Waals surface area contributed by atoms with Gasteiger partial charge in [-0.25, -0.2) is 4.79 Å². The fourth-order valence-electron chi connectivity index (χ4n) is 3.98. The van der Waals surface area contributed by atoms with Gasteiger partial charge in [-0.3, -0.25) is 4.79 Å². The van der Waals surface area contributed by atoms with Crippen LogP contribution in [0.15, 0.2) is 41.3 Å². The molecule has 0 bridgehead atoms. The van der Waals surface area contributed by atoms with E-state index in [4.69, 9.17) is 4.74 Å². The smallest absolute Gasteiger partial charge is 0.323 e. The number of aromatic amines is 2. The maximum atomic E-state index is 13.0. The van der Waals surface area contributed by atoms with Crippen LogP contribution in [0.2, 0.25) is 0 Å². The summed E-state index contributed by atoms with van der Waals surface area (Å²) in [5.41, 5.74) is 0.979. The lowest BCUT2D eigenvalue weighted by Gasteiger charge is -2.42. The van der Waals surface area contributed by atoms with Crippen molar-refractivity contribution in [1.82, 2.24) is 19.8 Å². The number of nitrogens with zero attached hydrogens (tertiary/aromatic N) is 2. The molecule has 0 aliphatic carbocycles. The fraction of sp³-hybridized carbons (Fsp3) is 0.474. The van der Waals surface area contributed by atoms with E-state index in [0.29, 0.717) is 13.2 Å². The summed E-state index contributed by atoms with van der Waals surface area (Å²) < 4.78 is 6.11. The second kappa shape index (κ2) is 7.47. The first-order valence-corrected chi connectivity index (χ1v) is 9.20. The van der Waals surface area contributed by atoms with Gasteiger partial charge in [0.15, 0.2) is 0 Å². The van der Waals surface area contributed by atoms with Crippen molar-refractivity contribution in [3.8, 4) is 0 Å². The number of imidazole rings is 1. The maximum absolute atomic E-state index is 13.0. The van der Waals surface area contributed by atoms with E-state index in [1.165, 1.54) is 19.0 Å². The van der Waals surface area contributed by atoms with Crippen molar-refractivity contribution in [2.24, 2.45) is 0 Å². The second-order valence-electron chi connectivity index (χ2n) is 6.93. The molecule has 7 nitrogen and oxygen atoms in total. The summed E-state index contributed by atoms with van der Waals surface area (Å²) in [6, 6.07) is 9.84. The normalized spacial score (nSPS) is 24.1. The molecule has 2 atom stereocenters. The maximum Gasteiger partial charge on any atom is 0.323 e. The minimum absolute atomic E-state index is 0.0844. The van der Waals surface area contributed by atoms with Crippen LogP contribution < -0.4 is 5.69 Å². The minimum atomic E-state index is -0.369. The third kappa shape index (κ3) is 3.45. The van der Waals surface area contributed by atoms with Crippen molar-refractivity contribution in [3.05, 3.63) is 58.3 Å². The predicted octanol–water partition coefficient (Wildman–Crippen LogP) is 1.38. The molecule has 0 saturated carbocycles. The van der Waals surface area contributed by atoms with Crippen LogP contribution in [0.5, 0.6) is 0 Å². The molecule has 4 rings (SSSR count). The van der Waals surface area contributed by atoms with Crippen LogP contribution in [0.1, 0.15) is 34.9 Å². The van der Waals surface area contributed by atoms with E-state index in [1.807, 2.05) is 35.2 Å². The SMILES string of the molecule is O=C(c1c[nH]c(=O)[nH]1)N1CCO[C@@H](CN2CCCC2)[C@@H]1c1ccccc1. The molecule has 0 spiro atoms. The zero-order valence-corrected chi connectivity index (χ0v) is 14.7. The van der Waals surface area contributed by atoms with Gasteiger partial charge in [0.05, 0.1) is 18.8 Å². The molecule has 1 aromatic carbocycles. The zero-order valence-electron chi connectivity index (χ0n) is 14.7. The molecule has 26 heavy (non-hydrogen) atoms. The Bertz CT molecular complexity index is 794. The van der Waals surface area contributed by atoms with Crippen LogP contribution in [0, 0.1) is 0 Å². The summed E-state index contributed by atoms with van der Waals surface area (Å²) in [5.74, 6) is -0.174. The Morgan fingerprint density at radius 2 is 1.92 bits per heavy atom. The van der Waals surface area contributed by atoms with E-state index in [-0.39, 0.29) is 29.4 Å². The van der Waals surface area contributed by atoms with Crippen LogP contribution in [-0.4, -0.2) is 64.6 Å². The summed E-state index contributed by atoms with van der Waals surface area (Å²) in [4.78, 5) is 33.8. The van der Waals surface area contributed by atoms with Gasteiger partial charge in [-0.1, -0.05) is 30.3 Å². The van der Waals surface area contributed by atoms with Gasteiger partial charge in [0.25, 0.3) is 5.91 Å². The van der Waals surface area contributed by atoms with E-state index >= 15 is 0 Å². The van der Waals surface area contributed by atoms with E-state index < -0.39 is 0 Å². The molecule has 0 radical (unpaired) electrons. The second-order valence-corrected chi connectivity index (χ2v) is 6.93. The van der Waals surface area contributed by atoms with Crippen molar-refractivity contribution in [1.29, 1.82) is 0 Å². The van der Waals surface area contributed by atoms with Crippen LogP contribution >= 0.6 is 0 Å². The minimum Gasteiger partial charge on any atom is -0.373 e. The average molecular weight is 356 g/mol. The number of carbonyl (C=O) groups excluding carboxylic acids is 1. The number of aromatic nitrogens is 2. The van der Waals surface area contributed by atoms with Crippen molar-refractivity contribution in [3.63, 3.8) is 0 Å². The van der Waals surface area contributed by atoms with Crippen molar-refractivity contribution in [2.45, 2.75) is 25.0 Å². The first kappa shape index (κ1) is 17.1. The highest BCUT2D eigenvalue weighted by Gasteiger charge is 2.38. The number of H-pyrrole nitrogens is 2. The van der Waals surface area contributed by atoms with E-state index in [1.54, 1.807) is 0 Å². The Balaban J connectivity index is 1.64. The highest BCUT2D eigenvalue weighted by Crippen LogP contribution is 2.31. The van der Waals surface area contributed by atoms with Gasteiger partial charge >= 0.3 is 5.69 Å². The van der Waals surface area contributed by atoms with E-state index in [0.717, 1.165) is 25.2 Å². The zero-order chi connectivity index (χ0) is 17.9. The molecule has 2 aromatic rings. The van der Waals surface area contributed by atoms with Crippen LogP contribution in [0.25, 0.3) is 0 Å². The highest BCUT2D eigenvalue weighted by atomic mass is 16.5. The molecular weight excluding hydrogens is 332 g/mol. The molecule has 7 heteroatoms. The number of benzene rings is 1. The lowest BCUT2D eigenvalue weighted by molar-refractivity contribution is -0.0708. The van der Waals surface area contributed by atoms with E-state index in [9.17, 15) is 9.59 Å². The number of hydrogen-bond acceptors (Lipinski definition) is 4. The number of amides is 1. The number of nitrogens with one attached hydrogen (secondary N) is 2. The van der Waals surface area contributed by atoms with Gasteiger partial charge in [-0.2, -0.15) is 0 Å². The number of ether oxygens (including phenoxy) is 1. The molecule has 2 fully saturated rings. The average Bonchev–Trinajstić information content (AvgIpc) is 3.33. The first-order chi connectivity index (χ1) is 12.7. The largest absolute Gasteiger partial charge is 0.373 e. The van der Waals surface area contributed by atoms with Crippen molar-refractivity contribution in [2.75, 3.05) is 32.8 Å². The number of carbonyl (C=O) groups is 1. The van der Waals surface area contributed by atoms with Gasteiger partial charge in [0.2, 0.25) is 0 Å². The van der Waals surface area contributed by atoms with Crippen LogP contribution in [0.4, 0.5) is 0 Å². The fourth-order valence-corrected chi connectivity index (χ4v) is 3.98. The van der Waals surface area contributed by atoms with Gasteiger partial charge in [-0.15, -0.1) is 0 Å². The first-order valence-electron chi connectivity index (χ1n) is 9.20. The highest BCUT2D eigenvalue weighted by molar-refractivity contribution is 5.92. The Hall–Kier alpha value is -2.38. The molecule has 1 amide bonds. The molecule has 138 valence electrons. The summed E-state index contributed by atoms with van der Waals surface area (Å²) in [6.07, 6.45) is 3.79. The Morgan fingerprint density at radius 1 is 1.15 bits per heavy atom. The topological polar surface area (TPSA) is 81.4 Å². The number of rotatable bonds is 4. The number of likely N-dealkylation sites (tertiary alicyclic amines) is 1. The molecule has 1 aromatic heterocycles. The summed E-state index contributed by atoms with van der Waals surface area (Å²) >= 11 is 0. The molecule has 0 unspecified atom stereocenters. The van der Waals surface area contributed by atoms with Gasteiger partial charge < -0.3 is 24.5 Å². The molecule has 2 aliphatic heterocycles. The number of hydrogen-bond donors (Lipinski definition) is 2. The third-order valence-corrected chi connectivity index (χ3v) is 5.22. The van der Waals surface area contributed by atoms with Crippen LogP contribution in [0.3, 0.4) is 0 Å². The van der Waals surface area contributed by atoms with Crippen molar-refractivity contribution >= 4 is 5.91 Å². The molecule has 2 saturated heterocycles. The quantitative estimate of drug-likeness (QED) is 0.867. The summed E-state index contributed by atoms with van der Waals surface area (Å²) in [7, 11) is 0. The Labute approximate surface area is 152 Å². The summed E-state index contributed by atoms with van der Waals surface area (Å²) in [5, 5.41) is 0. The molecular formula is C19H24N4O3. The molecule has 2 N–H and O–H groups in total. The summed E-state index contributed by atoms with van der Waals surface area (Å²) in [6.45, 7) is 3.98. The molecule has 2 aliphatic rings. The lowest BCUT2D eigenvalue weighted by atomic mass is 9.97. The van der Waals surface area contributed by atoms with Crippen molar-refractivity contribution < 1.29 is 9.53 Å². The standard InChI is InChI=1S/C19H24N4O3/c24-18(15-12-20-19(25)21-15)23-10-11-26-16(13-22-8-4-5-9-22)17(23)14-6-2-1-3-7-14/h1-3,6-7,12,16-17H,4-5,8-11,13H2,(H2,20,21,25)/t16-,17-/m0/s1. The van der Waals surface area contributed by atoms with Crippen LogP contribution in [-0.2, 0) is 4.74 Å². The van der Waals surface area contributed by atoms with E-state index in [2.05, 4.69) is 14.9 Å². The van der Waals surface area contributed by atoms with Gasteiger partial charge in [0, 0.05) is 19.3 Å². The van der Waals surface area contributed by atoms with Gasteiger partial charge in [-0.05, 0) is 31.5 Å². The molecule has 3 heterocycles. The Kier molecular flexibility index (Phi) is 4.90. The number of morpholine rings is 1. The third-order valence-electron chi connectivity index (χ3n) is 5.22. The lowest BCUT2D eigenvalue weighted by Crippen LogP contribution is -2.51. The predicted molar refractivity (Wildman–Crippen MR) is 97.0 cm³/mol. The monoisotopic (exact) mass is 356 g/mol. The van der Waals surface area contributed by atoms with Gasteiger partial charge in [0.1, 0.15) is 5.69 Å².